The van der Waals surface area contributed by atoms with Gasteiger partial charge in [0, 0.05) is 48.1 Å². The molecule has 28 heavy (non-hydrogen) atoms. The highest BCUT2D eigenvalue weighted by molar-refractivity contribution is 5.88. The first-order valence-corrected chi connectivity index (χ1v) is 10.1. The number of ketones is 1. The van der Waals surface area contributed by atoms with Crippen molar-refractivity contribution in [3.8, 4) is 0 Å². The summed E-state index contributed by atoms with van der Waals surface area (Å²) in [5.41, 5.74) is 7.52. The zero-order valence-electron chi connectivity index (χ0n) is 17.4. The van der Waals surface area contributed by atoms with Gasteiger partial charge < -0.3 is 21.4 Å². The van der Waals surface area contributed by atoms with Gasteiger partial charge in [-0.15, -0.1) is 0 Å². The minimum Gasteiger partial charge on any atom is -0.370 e. The van der Waals surface area contributed by atoms with Crippen molar-refractivity contribution < 1.29 is 9.59 Å². The molecule has 0 fully saturated rings. The van der Waals surface area contributed by atoms with Crippen LogP contribution in [0, 0.1) is 5.92 Å². The number of para-hydroxylation sites is 1. The van der Waals surface area contributed by atoms with Crippen molar-refractivity contribution >= 4 is 22.6 Å². The average Bonchev–Trinajstić information content (AvgIpc) is 3.04. The number of aromatic amines is 1. The van der Waals surface area contributed by atoms with E-state index in [0.29, 0.717) is 25.8 Å². The molecule has 2 rings (SSSR count). The normalized spacial score (nSPS) is 13.9. The molecule has 2 atom stereocenters. The third-order valence-corrected chi connectivity index (χ3v) is 4.93. The van der Waals surface area contributed by atoms with Crippen LogP contribution in [0.5, 0.6) is 0 Å². The summed E-state index contributed by atoms with van der Waals surface area (Å²) in [5, 5.41) is 8.06. The Labute approximate surface area is 167 Å². The average molecular weight is 387 g/mol. The number of nitrogens with one attached hydrogen (secondary N) is 3. The molecule has 0 aliphatic heterocycles. The van der Waals surface area contributed by atoms with Gasteiger partial charge in [0.05, 0.1) is 6.04 Å². The van der Waals surface area contributed by atoms with Crippen LogP contribution in [-0.4, -0.2) is 41.3 Å². The zero-order valence-corrected chi connectivity index (χ0v) is 17.4. The monoisotopic (exact) mass is 386 g/mol. The summed E-state index contributed by atoms with van der Waals surface area (Å²) in [6.07, 6.45) is 3.60. The fourth-order valence-corrected chi connectivity index (χ4v) is 3.51. The summed E-state index contributed by atoms with van der Waals surface area (Å²) in [4.78, 5) is 27.3. The highest BCUT2D eigenvalue weighted by Gasteiger charge is 2.24. The molecule has 0 spiro atoms. The van der Waals surface area contributed by atoms with Crippen LogP contribution in [0.3, 0.4) is 0 Å². The van der Waals surface area contributed by atoms with Gasteiger partial charge in [-0.05, 0) is 24.5 Å². The number of fused-ring (bicyclic) bond motifs is 1. The first kappa shape index (κ1) is 22.1. The molecule has 1 heterocycles. The van der Waals surface area contributed by atoms with E-state index in [4.69, 9.17) is 5.73 Å². The van der Waals surface area contributed by atoms with E-state index in [1.807, 2.05) is 38.2 Å². The molecular formula is C22H34N4O2. The van der Waals surface area contributed by atoms with Crippen molar-refractivity contribution in [1.29, 1.82) is 0 Å². The maximum atomic E-state index is 12.8. The van der Waals surface area contributed by atoms with Crippen LogP contribution in [-0.2, 0) is 16.0 Å². The van der Waals surface area contributed by atoms with Crippen molar-refractivity contribution in [2.24, 2.45) is 11.7 Å². The molecule has 154 valence electrons. The molecule has 0 bridgehead atoms. The number of hydrogen-bond acceptors (Lipinski definition) is 4. The Morgan fingerprint density at radius 1 is 1.14 bits per heavy atom. The molecule has 6 nitrogen and oxygen atoms in total. The number of nitrogens with two attached hydrogens (primary N) is 1. The van der Waals surface area contributed by atoms with Crippen molar-refractivity contribution in [1.82, 2.24) is 15.6 Å². The van der Waals surface area contributed by atoms with Crippen LogP contribution in [0.15, 0.2) is 30.5 Å². The minimum atomic E-state index is -0.302. The molecule has 2 aromatic rings. The molecule has 5 N–H and O–H groups in total. The third-order valence-electron chi connectivity index (χ3n) is 4.93. The van der Waals surface area contributed by atoms with E-state index in [1.54, 1.807) is 0 Å². The van der Waals surface area contributed by atoms with E-state index >= 15 is 0 Å². The largest absolute Gasteiger partial charge is 0.370 e. The van der Waals surface area contributed by atoms with Gasteiger partial charge in [0.1, 0.15) is 0 Å². The van der Waals surface area contributed by atoms with Gasteiger partial charge in [-0.2, -0.15) is 0 Å². The first-order valence-electron chi connectivity index (χ1n) is 10.1. The van der Waals surface area contributed by atoms with Crippen molar-refractivity contribution in [3.05, 3.63) is 36.0 Å². The standard InChI is InChI=1S/C22H34N4O2/c1-14(2)22(28)20(11-16-12-24-19-8-6-5-7-18(16)19)25-13-17(26-15(3)4)9-10-21(23)27/h5-8,12,14-15,17,20,24-26H,9-11,13H2,1-4H3,(H2,23,27)/t17-,20-/m0/s1. The highest BCUT2D eigenvalue weighted by atomic mass is 16.1. The maximum absolute atomic E-state index is 12.8. The van der Waals surface area contributed by atoms with E-state index < -0.39 is 0 Å². The lowest BCUT2D eigenvalue weighted by molar-refractivity contribution is -0.124. The molecule has 0 unspecified atom stereocenters. The Hall–Kier alpha value is -2.18. The second kappa shape index (κ2) is 10.4. The third kappa shape index (κ3) is 6.46. The van der Waals surface area contributed by atoms with E-state index in [9.17, 15) is 9.59 Å². The Morgan fingerprint density at radius 3 is 2.50 bits per heavy atom. The van der Waals surface area contributed by atoms with Crippen LogP contribution in [0.2, 0.25) is 0 Å². The second-order valence-corrected chi connectivity index (χ2v) is 8.10. The lowest BCUT2D eigenvalue weighted by atomic mass is 9.95. The zero-order chi connectivity index (χ0) is 20.7. The van der Waals surface area contributed by atoms with Gasteiger partial charge in [0.15, 0.2) is 5.78 Å². The van der Waals surface area contributed by atoms with Crippen LogP contribution >= 0.6 is 0 Å². The lowest BCUT2D eigenvalue weighted by Crippen LogP contribution is -2.49. The molecule has 1 aromatic carbocycles. The van der Waals surface area contributed by atoms with Crippen molar-refractivity contribution in [2.45, 2.75) is 65.1 Å². The van der Waals surface area contributed by atoms with Crippen molar-refractivity contribution in [2.75, 3.05) is 6.54 Å². The fraction of sp³-hybridized carbons (Fsp3) is 0.545. The highest BCUT2D eigenvalue weighted by Crippen LogP contribution is 2.20. The van der Waals surface area contributed by atoms with Crippen LogP contribution in [0.4, 0.5) is 0 Å². The number of primary amides is 1. The van der Waals surface area contributed by atoms with Crippen LogP contribution < -0.4 is 16.4 Å². The van der Waals surface area contributed by atoms with E-state index in [-0.39, 0.29) is 35.7 Å². The number of H-pyrrole nitrogens is 1. The first-order chi connectivity index (χ1) is 13.3. The van der Waals surface area contributed by atoms with Crippen LogP contribution in [0.1, 0.15) is 46.1 Å². The summed E-state index contributed by atoms with van der Waals surface area (Å²) >= 11 is 0. The summed E-state index contributed by atoms with van der Waals surface area (Å²) in [7, 11) is 0. The Balaban J connectivity index is 2.11. The van der Waals surface area contributed by atoms with E-state index in [1.165, 1.54) is 0 Å². The molecular weight excluding hydrogens is 352 g/mol. The molecule has 0 aliphatic rings. The lowest BCUT2D eigenvalue weighted by Gasteiger charge is -2.25. The number of amides is 1. The molecule has 0 radical (unpaired) electrons. The number of benzene rings is 1. The van der Waals surface area contributed by atoms with Gasteiger partial charge in [-0.3, -0.25) is 9.59 Å². The summed E-state index contributed by atoms with van der Waals surface area (Å²) in [6, 6.07) is 8.22. The Morgan fingerprint density at radius 2 is 1.86 bits per heavy atom. The molecule has 6 heteroatoms. The van der Waals surface area contributed by atoms with Gasteiger partial charge in [0.25, 0.3) is 0 Å². The van der Waals surface area contributed by atoms with E-state index in [0.717, 1.165) is 16.5 Å². The topological polar surface area (TPSA) is 100 Å². The SMILES string of the molecule is CC(C)N[C@@H](CCC(N)=O)CN[C@@H](Cc1c[nH]c2ccccc12)C(=O)C(C)C. The summed E-state index contributed by atoms with van der Waals surface area (Å²) in [5.74, 6) is -0.155. The fourth-order valence-electron chi connectivity index (χ4n) is 3.51. The molecule has 1 amide bonds. The summed E-state index contributed by atoms with van der Waals surface area (Å²) in [6.45, 7) is 8.61. The summed E-state index contributed by atoms with van der Waals surface area (Å²) < 4.78 is 0. The molecule has 0 saturated heterocycles. The molecule has 0 aliphatic carbocycles. The Bertz CT molecular complexity index is 782. The number of rotatable bonds is 12. The number of hydrogen-bond donors (Lipinski definition) is 4. The number of aromatic nitrogens is 1. The van der Waals surface area contributed by atoms with Gasteiger partial charge in [-0.25, -0.2) is 0 Å². The number of Topliss-reactive ketones (excluding diaryl/α,β-unsaturated/α-hetero) is 1. The molecule has 1 aromatic heterocycles. The Kier molecular flexibility index (Phi) is 8.20. The number of carbonyl (C=O) groups is 2. The van der Waals surface area contributed by atoms with Gasteiger partial charge >= 0.3 is 0 Å². The maximum Gasteiger partial charge on any atom is 0.217 e. The smallest absolute Gasteiger partial charge is 0.217 e. The van der Waals surface area contributed by atoms with Gasteiger partial charge in [-0.1, -0.05) is 45.9 Å². The quantitative estimate of drug-likeness (QED) is 0.450. The van der Waals surface area contributed by atoms with Crippen molar-refractivity contribution in [3.63, 3.8) is 0 Å². The number of carbonyl (C=O) groups excluding carboxylic acids is 2. The van der Waals surface area contributed by atoms with Gasteiger partial charge in [0.2, 0.25) is 5.91 Å². The van der Waals surface area contributed by atoms with Crippen LogP contribution in [0.25, 0.3) is 10.9 Å². The predicted octanol–water partition coefficient (Wildman–Crippen LogP) is 2.53. The second-order valence-electron chi connectivity index (χ2n) is 8.10. The molecule has 0 saturated carbocycles. The minimum absolute atomic E-state index is 0.0511. The van der Waals surface area contributed by atoms with E-state index in [2.05, 4.69) is 35.5 Å². The predicted molar refractivity (Wildman–Crippen MR) is 114 cm³/mol.